The molecular formula is C29H27N5OS. The van der Waals surface area contributed by atoms with E-state index >= 15 is 0 Å². The van der Waals surface area contributed by atoms with Gasteiger partial charge in [-0.25, -0.2) is 15.0 Å². The summed E-state index contributed by atoms with van der Waals surface area (Å²) in [5, 5.41) is 1.19. The summed E-state index contributed by atoms with van der Waals surface area (Å²) in [5.41, 5.74) is 5.36. The van der Waals surface area contributed by atoms with E-state index in [4.69, 9.17) is 19.7 Å². The molecule has 0 N–H and O–H groups in total. The van der Waals surface area contributed by atoms with E-state index in [1.54, 1.807) is 30.8 Å². The second-order valence-electron chi connectivity index (χ2n) is 9.09. The van der Waals surface area contributed by atoms with Crippen LogP contribution in [-0.2, 0) is 6.54 Å². The van der Waals surface area contributed by atoms with E-state index in [2.05, 4.69) is 46.3 Å². The summed E-state index contributed by atoms with van der Waals surface area (Å²) in [6.45, 7) is 2.94. The minimum absolute atomic E-state index is 0.362. The van der Waals surface area contributed by atoms with Crippen molar-refractivity contribution in [3.05, 3.63) is 90.0 Å². The molecule has 0 aliphatic carbocycles. The Hall–Kier alpha value is -3.68. The van der Waals surface area contributed by atoms with Crippen LogP contribution in [0.2, 0.25) is 0 Å². The predicted molar refractivity (Wildman–Crippen MR) is 144 cm³/mol. The van der Waals surface area contributed by atoms with Gasteiger partial charge in [0.15, 0.2) is 5.82 Å². The highest BCUT2D eigenvalue weighted by Crippen LogP contribution is 2.36. The second kappa shape index (κ2) is 10.1. The Balaban J connectivity index is 1.26. The molecule has 7 heteroatoms. The summed E-state index contributed by atoms with van der Waals surface area (Å²) >= 11 is 1.80. The number of benzene rings is 2. The van der Waals surface area contributed by atoms with Crippen molar-refractivity contribution in [1.29, 1.82) is 0 Å². The molecule has 1 aliphatic heterocycles. The maximum absolute atomic E-state index is 5.49. The van der Waals surface area contributed by atoms with E-state index in [9.17, 15) is 0 Å². The lowest BCUT2D eigenvalue weighted by Crippen LogP contribution is -2.32. The number of para-hydroxylation sites is 1. The van der Waals surface area contributed by atoms with E-state index in [0.29, 0.717) is 5.92 Å². The highest BCUT2D eigenvalue weighted by atomic mass is 32.1. The lowest BCUT2D eigenvalue weighted by Gasteiger charge is -2.32. The van der Waals surface area contributed by atoms with Crippen molar-refractivity contribution in [3.8, 4) is 28.3 Å². The maximum atomic E-state index is 5.49. The maximum Gasteiger partial charge on any atom is 0.159 e. The van der Waals surface area contributed by atoms with E-state index in [-0.39, 0.29) is 0 Å². The Morgan fingerprint density at radius 3 is 2.58 bits per heavy atom. The third kappa shape index (κ3) is 4.72. The highest BCUT2D eigenvalue weighted by Gasteiger charge is 2.26. The highest BCUT2D eigenvalue weighted by molar-refractivity contribution is 7.18. The van der Waals surface area contributed by atoms with Crippen molar-refractivity contribution in [1.82, 2.24) is 24.8 Å². The van der Waals surface area contributed by atoms with Crippen molar-refractivity contribution < 1.29 is 4.74 Å². The summed E-state index contributed by atoms with van der Waals surface area (Å²) < 4.78 is 6.75. The van der Waals surface area contributed by atoms with Crippen LogP contribution in [0.25, 0.3) is 32.7 Å². The molecule has 1 aliphatic rings. The fraction of sp³-hybridized carbons (Fsp3) is 0.241. The number of piperidine rings is 1. The Labute approximate surface area is 214 Å². The van der Waals surface area contributed by atoms with Crippen LogP contribution in [0.15, 0.2) is 79.3 Å². The van der Waals surface area contributed by atoms with Gasteiger partial charge in [-0.05, 0) is 67.9 Å². The smallest absolute Gasteiger partial charge is 0.159 e. The molecule has 36 heavy (non-hydrogen) atoms. The normalized spacial score (nSPS) is 14.8. The minimum Gasteiger partial charge on any atom is -0.497 e. The van der Waals surface area contributed by atoms with Gasteiger partial charge in [0.25, 0.3) is 0 Å². The molecule has 3 aromatic heterocycles. The Kier molecular flexibility index (Phi) is 6.40. The molecule has 6 nitrogen and oxygen atoms in total. The van der Waals surface area contributed by atoms with Crippen LogP contribution in [0.3, 0.4) is 0 Å². The molecule has 180 valence electrons. The number of methoxy groups -OCH3 is 1. The first kappa shape index (κ1) is 22.8. The Morgan fingerprint density at radius 2 is 1.78 bits per heavy atom. The average molecular weight is 494 g/mol. The fourth-order valence-corrected chi connectivity index (χ4v) is 5.91. The first-order valence-corrected chi connectivity index (χ1v) is 13.1. The molecule has 0 radical (unpaired) electrons. The summed E-state index contributed by atoms with van der Waals surface area (Å²) in [6, 6.07) is 20.5. The fourth-order valence-electron chi connectivity index (χ4n) is 4.90. The van der Waals surface area contributed by atoms with Crippen LogP contribution < -0.4 is 4.74 Å². The first-order chi connectivity index (χ1) is 17.8. The number of hydrogen-bond acceptors (Lipinski definition) is 7. The molecule has 6 rings (SSSR count). The summed E-state index contributed by atoms with van der Waals surface area (Å²) in [5.74, 6) is 1.94. The van der Waals surface area contributed by atoms with Gasteiger partial charge in [-0.15, -0.1) is 11.3 Å². The van der Waals surface area contributed by atoms with Crippen LogP contribution in [-0.4, -0.2) is 45.0 Å². The lowest BCUT2D eigenvalue weighted by molar-refractivity contribution is 0.203. The molecule has 0 saturated carbocycles. The topological polar surface area (TPSA) is 64.0 Å². The van der Waals surface area contributed by atoms with E-state index in [0.717, 1.165) is 72.0 Å². The number of aromatic nitrogens is 4. The van der Waals surface area contributed by atoms with E-state index < -0.39 is 0 Å². The molecule has 0 bridgehead atoms. The third-order valence-electron chi connectivity index (χ3n) is 6.81. The summed E-state index contributed by atoms with van der Waals surface area (Å²) in [6.07, 6.45) is 7.65. The standard InChI is InChI=1S/C29H27N5OS/c1-35-23-6-4-5-22(17-23)24-18-31-29(21-9-13-30-14-10-21)33-28(24)20-11-15-34(16-12-20)19-27-32-25-7-2-3-8-26(25)36-27/h2-10,13-14,17-18,20H,11-12,15-16,19H2,1H3. The Morgan fingerprint density at radius 1 is 0.944 bits per heavy atom. The molecule has 2 aromatic carbocycles. The summed E-state index contributed by atoms with van der Waals surface area (Å²) in [7, 11) is 1.70. The van der Waals surface area contributed by atoms with Crippen LogP contribution in [0, 0.1) is 0 Å². The quantitative estimate of drug-likeness (QED) is 0.280. The first-order valence-electron chi connectivity index (χ1n) is 12.3. The van der Waals surface area contributed by atoms with Gasteiger partial charge in [0.2, 0.25) is 0 Å². The number of thiazole rings is 1. The van der Waals surface area contributed by atoms with Gasteiger partial charge in [-0.3, -0.25) is 9.88 Å². The van der Waals surface area contributed by atoms with Crippen molar-refractivity contribution in [2.24, 2.45) is 0 Å². The van der Waals surface area contributed by atoms with Gasteiger partial charge < -0.3 is 4.74 Å². The lowest BCUT2D eigenvalue weighted by atomic mass is 9.88. The number of hydrogen-bond donors (Lipinski definition) is 0. The van der Waals surface area contributed by atoms with Gasteiger partial charge in [0.05, 0.1) is 29.6 Å². The number of pyridine rings is 1. The summed E-state index contributed by atoms with van der Waals surface area (Å²) in [4.78, 5) is 21.4. The predicted octanol–water partition coefficient (Wildman–Crippen LogP) is 6.20. The molecule has 0 atom stereocenters. The van der Waals surface area contributed by atoms with Crippen LogP contribution in [0.4, 0.5) is 0 Å². The largest absolute Gasteiger partial charge is 0.497 e. The number of nitrogens with zero attached hydrogens (tertiary/aromatic N) is 5. The van der Waals surface area contributed by atoms with E-state index in [1.165, 1.54) is 9.71 Å². The van der Waals surface area contributed by atoms with Crippen molar-refractivity contribution >= 4 is 21.6 Å². The number of rotatable bonds is 6. The molecular weight excluding hydrogens is 466 g/mol. The van der Waals surface area contributed by atoms with Gasteiger partial charge in [0.1, 0.15) is 10.8 Å². The third-order valence-corrected chi connectivity index (χ3v) is 7.83. The van der Waals surface area contributed by atoms with Gasteiger partial charge in [-0.1, -0.05) is 24.3 Å². The van der Waals surface area contributed by atoms with Gasteiger partial charge in [0, 0.05) is 35.6 Å². The molecule has 0 unspecified atom stereocenters. The van der Waals surface area contributed by atoms with E-state index in [1.807, 2.05) is 30.5 Å². The van der Waals surface area contributed by atoms with Crippen molar-refractivity contribution in [2.45, 2.75) is 25.3 Å². The molecule has 4 heterocycles. The zero-order valence-electron chi connectivity index (χ0n) is 20.2. The van der Waals surface area contributed by atoms with Crippen LogP contribution in [0.1, 0.15) is 29.5 Å². The second-order valence-corrected chi connectivity index (χ2v) is 10.2. The molecule has 5 aromatic rings. The monoisotopic (exact) mass is 493 g/mol. The van der Waals surface area contributed by atoms with Crippen molar-refractivity contribution in [2.75, 3.05) is 20.2 Å². The number of likely N-dealkylation sites (tertiary alicyclic amines) is 1. The molecule has 0 spiro atoms. The number of ether oxygens (including phenoxy) is 1. The SMILES string of the molecule is COc1cccc(-c2cnc(-c3ccncc3)nc2C2CCN(Cc3nc4ccccc4s3)CC2)c1. The molecule has 1 saturated heterocycles. The van der Waals surface area contributed by atoms with Crippen molar-refractivity contribution in [3.63, 3.8) is 0 Å². The minimum atomic E-state index is 0.362. The molecule has 0 amide bonds. The van der Waals surface area contributed by atoms with Gasteiger partial charge >= 0.3 is 0 Å². The molecule has 1 fully saturated rings. The zero-order valence-corrected chi connectivity index (χ0v) is 21.0. The van der Waals surface area contributed by atoms with Gasteiger partial charge in [-0.2, -0.15) is 0 Å². The number of fused-ring (bicyclic) bond motifs is 1. The van der Waals surface area contributed by atoms with Crippen LogP contribution in [0.5, 0.6) is 5.75 Å². The van der Waals surface area contributed by atoms with Crippen LogP contribution >= 0.6 is 11.3 Å². The Bertz CT molecular complexity index is 1440. The average Bonchev–Trinajstić information content (AvgIpc) is 3.36. The zero-order chi connectivity index (χ0) is 24.3.